The van der Waals surface area contributed by atoms with Crippen LogP contribution >= 0.6 is 0 Å². The number of carbonyl (C=O) groups is 1. The number of nitrogens with zero attached hydrogens (tertiary/aromatic N) is 1. The fraction of sp³-hybridized carbons (Fsp3) is 0.706. The Labute approximate surface area is 139 Å². The Kier molecular flexibility index (Phi) is 4.08. The second kappa shape index (κ2) is 5.55. The maximum absolute atomic E-state index is 11.6. The molecule has 2 aliphatic heterocycles. The minimum atomic E-state index is -0.377. The van der Waals surface area contributed by atoms with Gasteiger partial charge < -0.3 is 14.1 Å². The van der Waals surface area contributed by atoms with E-state index >= 15 is 0 Å². The van der Waals surface area contributed by atoms with Crippen molar-refractivity contribution in [1.29, 1.82) is 0 Å². The fourth-order valence-electron chi connectivity index (χ4n) is 3.39. The number of allylic oxidation sites excluding steroid dienone is 2. The Balaban J connectivity index is 1.83. The van der Waals surface area contributed by atoms with Crippen molar-refractivity contribution in [3.05, 3.63) is 23.7 Å². The second-order valence-corrected chi connectivity index (χ2v) is 7.97. The molecule has 1 N–H and O–H groups in total. The molecule has 0 aromatic heterocycles. The number of carbonyl (C=O) groups excluding carboxylic acids is 1. The molecule has 1 aliphatic carbocycles. The average molecular weight is 318 g/mol. The molecule has 3 rings (SSSR count). The van der Waals surface area contributed by atoms with Crippen LogP contribution in [0.2, 0.25) is 0 Å². The van der Waals surface area contributed by atoms with Gasteiger partial charge in [0.15, 0.2) is 0 Å². The van der Waals surface area contributed by atoms with Gasteiger partial charge in [-0.15, -0.1) is 0 Å². The van der Waals surface area contributed by atoms with Crippen molar-refractivity contribution in [1.82, 2.24) is 10.4 Å². The van der Waals surface area contributed by atoms with Crippen LogP contribution in [0.3, 0.4) is 0 Å². The molecule has 0 amide bonds. The Morgan fingerprint density at radius 3 is 2.39 bits per heavy atom. The third kappa shape index (κ3) is 2.72. The highest BCUT2D eigenvalue weighted by Gasteiger charge is 2.53. The van der Waals surface area contributed by atoms with E-state index in [2.05, 4.69) is 65.2 Å². The van der Waals surface area contributed by atoms with E-state index in [0.29, 0.717) is 0 Å². The molecule has 2 fully saturated rings. The van der Waals surface area contributed by atoms with E-state index in [1.54, 1.807) is 0 Å². The summed E-state index contributed by atoms with van der Waals surface area (Å²) >= 11 is 0. The summed E-state index contributed by atoms with van der Waals surface area (Å²) in [5, 5.41) is 2.04. The van der Waals surface area contributed by atoms with Crippen LogP contribution in [-0.2, 0) is 14.1 Å². The molecule has 23 heavy (non-hydrogen) atoms. The Hall–Kier alpha value is -0.945. The molecular weight excluding hydrogens is 291 g/mol. The van der Waals surface area contributed by atoms with Crippen LogP contribution < -0.4 is 5.43 Å². The van der Waals surface area contributed by atoms with Gasteiger partial charge in [0.2, 0.25) is 0 Å². The molecule has 3 aliphatic rings. The lowest BCUT2D eigenvalue weighted by atomic mass is 9.72. The molecule has 2 heterocycles. The zero-order valence-corrected chi connectivity index (χ0v) is 14.9. The maximum atomic E-state index is 11.6. The largest absolute Gasteiger partial charge is 0.494 e. The van der Waals surface area contributed by atoms with Gasteiger partial charge in [-0.05, 0) is 47.0 Å². The molecule has 0 saturated carbocycles. The van der Waals surface area contributed by atoms with Crippen LogP contribution in [0.1, 0.15) is 41.5 Å². The van der Waals surface area contributed by atoms with Gasteiger partial charge in [0, 0.05) is 18.0 Å². The van der Waals surface area contributed by atoms with Gasteiger partial charge in [0.05, 0.1) is 17.2 Å². The third-order valence-corrected chi connectivity index (χ3v) is 5.53. The van der Waals surface area contributed by atoms with E-state index < -0.39 is 0 Å². The van der Waals surface area contributed by atoms with Gasteiger partial charge in [-0.1, -0.05) is 18.2 Å². The van der Waals surface area contributed by atoms with Crippen LogP contribution in [0.4, 0.5) is 0 Å². The topological polar surface area (TPSA) is 50.8 Å². The SMILES string of the molecule is CC(C)N1NC2C=CC(B3OC(C)(C)C(C)(C)O3)=CC2C1C=O. The van der Waals surface area contributed by atoms with Gasteiger partial charge >= 0.3 is 7.12 Å². The standard InChI is InChI=1S/C17H27BN2O3/c1-11(2)20-15(10-21)13-9-12(7-8-14(13)19-20)18-22-16(3,4)17(5,6)23-18/h7-11,13-15,19H,1-6H3. The zero-order chi connectivity index (χ0) is 17.0. The first-order chi connectivity index (χ1) is 10.7. The summed E-state index contributed by atoms with van der Waals surface area (Å²) < 4.78 is 12.3. The summed E-state index contributed by atoms with van der Waals surface area (Å²) in [5.74, 6) is 0.105. The Morgan fingerprint density at radius 1 is 1.26 bits per heavy atom. The summed E-state index contributed by atoms with van der Waals surface area (Å²) in [6.07, 6.45) is 7.35. The molecular formula is C17H27BN2O3. The minimum absolute atomic E-state index is 0.105. The lowest BCUT2D eigenvalue weighted by Crippen LogP contribution is -2.44. The summed E-state index contributed by atoms with van der Waals surface area (Å²) in [4.78, 5) is 11.6. The summed E-state index contributed by atoms with van der Waals surface area (Å²) in [5.41, 5.74) is 3.72. The molecule has 6 heteroatoms. The fourth-order valence-corrected chi connectivity index (χ4v) is 3.39. The molecule has 0 aromatic rings. The number of rotatable bonds is 3. The van der Waals surface area contributed by atoms with Crippen molar-refractivity contribution in [3.8, 4) is 0 Å². The van der Waals surface area contributed by atoms with Crippen molar-refractivity contribution in [2.75, 3.05) is 0 Å². The molecule has 3 atom stereocenters. The number of fused-ring (bicyclic) bond motifs is 1. The minimum Gasteiger partial charge on any atom is -0.399 e. The number of hydrogen-bond acceptors (Lipinski definition) is 5. The molecule has 126 valence electrons. The number of hydrazine groups is 1. The number of hydrogen-bond donors (Lipinski definition) is 1. The second-order valence-electron chi connectivity index (χ2n) is 7.97. The lowest BCUT2D eigenvalue weighted by molar-refractivity contribution is -0.113. The first-order valence-electron chi connectivity index (χ1n) is 8.41. The number of aldehydes is 1. The lowest BCUT2D eigenvalue weighted by Gasteiger charge is -2.32. The quantitative estimate of drug-likeness (QED) is 0.636. The van der Waals surface area contributed by atoms with E-state index in [4.69, 9.17) is 9.31 Å². The predicted molar refractivity (Wildman–Crippen MR) is 90.5 cm³/mol. The first kappa shape index (κ1) is 16.9. The maximum Gasteiger partial charge on any atom is 0.494 e. The van der Waals surface area contributed by atoms with Crippen molar-refractivity contribution >= 4 is 13.4 Å². The smallest absolute Gasteiger partial charge is 0.399 e. The van der Waals surface area contributed by atoms with Gasteiger partial charge in [0.1, 0.15) is 6.29 Å². The van der Waals surface area contributed by atoms with E-state index in [-0.39, 0.29) is 42.4 Å². The summed E-state index contributed by atoms with van der Waals surface area (Å²) in [7, 11) is -0.377. The van der Waals surface area contributed by atoms with Gasteiger partial charge in [-0.2, -0.15) is 0 Å². The van der Waals surface area contributed by atoms with E-state index in [1.807, 2.05) is 5.01 Å². The Bertz CT molecular complexity index is 540. The van der Waals surface area contributed by atoms with Crippen LogP contribution in [0.15, 0.2) is 23.7 Å². The van der Waals surface area contributed by atoms with E-state index in [1.165, 1.54) is 0 Å². The highest BCUT2D eigenvalue weighted by Crippen LogP contribution is 2.40. The third-order valence-electron chi connectivity index (χ3n) is 5.53. The molecule has 0 aromatic carbocycles. The molecule has 0 bridgehead atoms. The zero-order valence-electron chi connectivity index (χ0n) is 14.9. The van der Waals surface area contributed by atoms with Crippen LogP contribution in [0, 0.1) is 5.92 Å². The van der Waals surface area contributed by atoms with Crippen molar-refractivity contribution in [2.45, 2.75) is 70.9 Å². The van der Waals surface area contributed by atoms with Gasteiger partial charge in [-0.25, -0.2) is 10.4 Å². The average Bonchev–Trinajstić information content (AvgIpc) is 2.92. The molecule has 0 radical (unpaired) electrons. The van der Waals surface area contributed by atoms with Crippen molar-refractivity contribution in [3.63, 3.8) is 0 Å². The molecule has 2 saturated heterocycles. The highest BCUT2D eigenvalue weighted by atomic mass is 16.7. The molecule has 0 spiro atoms. The summed E-state index contributed by atoms with van der Waals surface area (Å²) in [6, 6.07) is 0.249. The predicted octanol–water partition coefficient (Wildman–Crippen LogP) is 1.89. The highest BCUT2D eigenvalue weighted by molar-refractivity contribution is 6.55. The van der Waals surface area contributed by atoms with E-state index in [0.717, 1.165) is 11.8 Å². The van der Waals surface area contributed by atoms with Crippen LogP contribution in [0.5, 0.6) is 0 Å². The molecule has 3 unspecified atom stereocenters. The van der Waals surface area contributed by atoms with E-state index in [9.17, 15) is 4.79 Å². The summed E-state index contributed by atoms with van der Waals surface area (Å²) in [6.45, 7) is 12.4. The normalized spacial score (nSPS) is 35.5. The Morgan fingerprint density at radius 2 is 1.87 bits per heavy atom. The molecule has 5 nitrogen and oxygen atoms in total. The van der Waals surface area contributed by atoms with Gasteiger partial charge in [0.25, 0.3) is 0 Å². The first-order valence-corrected chi connectivity index (χ1v) is 8.41. The van der Waals surface area contributed by atoms with Crippen molar-refractivity contribution < 1.29 is 14.1 Å². The van der Waals surface area contributed by atoms with Gasteiger partial charge in [-0.3, -0.25) is 0 Å². The van der Waals surface area contributed by atoms with Crippen molar-refractivity contribution in [2.24, 2.45) is 5.92 Å². The number of nitrogens with one attached hydrogen (secondary N) is 1. The monoisotopic (exact) mass is 318 g/mol. The van der Waals surface area contributed by atoms with Crippen LogP contribution in [0.25, 0.3) is 0 Å². The van der Waals surface area contributed by atoms with Crippen LogP contribution in [-0.4, -0.2) is 47.7 Å².